The lowest BCUT2D eigenvalue weighted by Crippen LogP contribution is -2.14. The third-order valence-electron chi connectivity index (χ3n) is 4.99. The first-order valence-electron chi connectivity index (χ1n) is 8.85. The normalized spacial score (nSPS) is 18.1. The van der Waals surface area contributed by atoms with Crippen molar-refractivity contribution in [3.05, 3.63) is 40.8 Å². The number of anilines is 1. The number of H-pyrrole nitrogens is 1. The number of hydrogen-bond acceptors (Lipinski definition) is 5. The number of nitrogens with zero attached hydrogens (tertiary/aromatic N) is 2. The van der Waals surface area contributed by atoms with Gasteiger partial charge in [-0.25, -0.2) is 13.8 Å². The van der Waals surface area contributed by atoms with Crippen molar-refractivity contribution >= 4 is 61.0 Å². The molecule has 5 rings (SSSR count). The molecule has 0 unspecified atom stereocenters. The predicted molar refractivity (Wildman–Crippen MR) is 110 cm³/mol. The lowest BCUT2D eigenvalue weighted by atomic mass is 9.98. The number of carbonyl (C=O) groups is 2. The highest BCUT2D eigenvalue weighted by Gasteiger charge is 2.43. The van der Waals surface area contributed by atoms with Crippen molar-refractivity contribution in [2.24, 2.45) is 11.7 Å². The molecule has 0 aliphatic heterocycles. The first-order chi connectivity index (χ1) is 14.3. The summed E-state index contributed by atoms with van der Waals surface area (Å²) in [7, 11) is 0. The van der Waals surface area contributed by atoms with Gasteiger partial charge < -0.3 is 11.1 Å². The van der Waals surface area contributed by atoms with Crippen molar-refractivity contribution in [3.63, 3.8) is 0 Å². The Balaban J connectivity index is 1.60. The number of rotatable bonds is 4. The van der Waals surface area contributed by atoms with Gasteiger partial charge in [0.2, 0.25) is 5.91 Å². The van der Waals surface area contributed by atoms with Crippen molar-refractivity contribution in [2.75, 3.05) is 5.32 Å². The largest absolute Gasteiger partial charge is 0.365 e. The first-order valence-corrected chi connectivity index (χ1v) is 10.0. The number of nitrogens with two attached hydrogens (primary N) is 1. The fraction of sp³-hybridized carbons (Fsp3) is 0.158. The van der Waals surface area contributed by atoms with Gasteiger partial charge in [0.1, 0.15) is 11.7 Å². The molecule has 2 atom stereocenters. The third kappa shape index (κ3) is 2.91. The van der Waals surface area contributed by atoms with E-state index in [1.165, 1.54) is 17.5 Å². The average molecular weight is 448 g/mol. The number of primary amides is 1. The second-order valence-corrected chi connectivity index (χ2v) is 8.36. The van der Waals surface area contributed by atoms with Crippen molar-refractivity contribution in [3.8, 4) is 11.1 Å². The molecule has 2 aromatic heterocycles. The zero-order valence-electron chi connectivity index (χ0n) is 15.0. The maximum atomic E-state index is 14.8. The van der Waals surface area contributed by atoms with Gasteiger partial charge in [0.15, 0.2) is 10.9 Å². The molecule has 30 heavy (non-hydrogen) atoms. The smallest absolute Gasteiger partial charge is 0.253 e. The molecule has 1 aliphatic carbocycles. The summed E-state index contributed by atoms with van der Waals surface area (Å²) in [6.45, 7) is 0. The van der Waals surface area contributed by atoms with E-state index >= 15 is 0 Å². The number of hydrogen-bond donors (Lipinski definition) is 3. The highest BCUT2D eigenvalue weighted by Crippen LogP contribution is 2.41. The molecule has 2 aromatic carbocycles. The SMILES string of the molecule is NC(=O)c1c(F)c(Cl)c(-c2ccc3nc(NC(=O)[C@@H]4C[C@@H]4F)sc3c2)c2cn[nH]c12. The Morgan fingerprint density at radius 1 is 1.37 bits per heavy atom. The maximum absolute atomic E-state index is 14.8. The maximum Gasteiger partial charge on any atom is 0.253 e. The topological polar surface area (TPSA) is 114 Å². The van der Waals surface area contributed by atoms with Crippen LogP contribution >= 0.6 is 22.9 Å². The number of carbonyl (C=O) groups excluding carboxylic acids is 2. The molecule has 4 N–H and O–H groups in total. The minimum absolute atomic E-state index is 0.155. The van der Waals surface area contributed by atoms with Gasteiger partial charge in [0, 0.05) is 10.9 Å². The Hall–Kier alpha value is -3.11. The molecule has 11 heteroatoms. The summed E-state index contributed by atoms with van der Waals surface area (Å²) in [4.78, 5) is 28.0. The van der Waals surface area contributed by atoms with E-state index in [-0.39, 0.29) is 22.5 Å². The van der Waals surface area contributed by atoms with Crippen LogP contribution in [0.3, 0.4) is 0 Å². The summed E-state index contributed by atoms with van der Waals surface area (Å²) in [6.07, 6.45) is 0.574. The van der Waals surface area contributed by atoms with E-state index in [0.717, 1.165) is 0 Å². The Morgan fingerprint density at radius 3 is 2.83 bits per heavy atom. The molecule has 2 amide bonds. The second kappa shape index (κ2) is 6.71. The molecule has 1 fully saturated rings. The molecular weight excluding hydrogens is 436 g/mol. The number of thiazole rings is 1. The van der Waals surface area contributed by atoms with Crippen LogP contribution in [0, 0.1) is 11.7 Å². The first kappa shape index (κ1) is 18.9. The van der Waals surface area contributed by atoms with Gasteiger partial charge in [0.05, 0.1) is 32.9 Å². The Labute approximate surface area is 176 Å². The molecule has 7 nitrogen and oxygen atoms in total. The van der Waals surface area contributed by atoms with Crippen molar-refractivity contribution in [1.82, 2.24) is 15.2 Å². The molecule has 0 bridgehead atoms. The number of nitrogens with one attached hydrogen (secondary N) is 2. The highest BCUT2D eigenvalue weighted by atomic mass is 35.5. The summed E-state index contributed by atoms with van der Waals surface area (Å²) < 4.78 is 28.6. The molecular formula is C19H12ClF2N5O2S. The van der Waals surface area contributed by atoms with Crippen LogP contribution in [-0.4, -0.2) is 33.2 Å². The predicted octanol–water partition coefficient (Wildman–Crippen LogP) is 4.03. The van der Waals surface area contributed by atoms with Crippen LogP contribution in [0.25, 0.3) is 32.2 Å². The summed E-state index contributed by atoms with van der Waals surface area (Å²) in [5.41, 5.74) is 6.63. The third-order valence-corrected chi connectivity index (χ3v) is 6.28. The Kier molecular flexibility index (Phi) is 4.23. The minimum Gasteiger partial charge on any atom is -0.365 e. The standard InChI is InChI=1S/C19H12ClF2N5O2S/c20-14-12(8-5-24-27-16(8)13(15(14)22)17(23)28)6-1-2-10-11(3-6)30-19(25-10)26-18(29)7-4-9(7)21/h1-3,5,7,9H,4H2,(H2,23,28)(H,24,27)(H,25,26,29)/t7-,9+/m1/s1. The Morgan fingerprint density at radius 2 is 2.13 bits per heavy atom. The van der Waals surface area contributed by atoms with Crippen molar-refractivity contribution in [2.45, 2.75) is 12.6 Å². The van der Waals surface area contributed by atoms with Gasteiger partial charge in [-0.3, -0.25) is 14.7 Å². The van der Waals surface area contributed by atoms with E-state index in [4.69, 9.17) is 17.3 Å². The molecule has 2 heterocycles. The fourth-order valence-corrected chi connectivity index (χ4v) is 4.61. The van der Waals surface area contributed by atoms with Gasteiger partial charge in [-0.05, 0) is 24.1 Å². The quantitative estimate of drug-likeness (QED) is 0.438. The van der Waals surface area contributed by atoms with E-state index in [9.17, 15) is 18.4 Å². The van der Waals surface area contributed by atoms with Crippen LogP contribution < -0.4 is 11.1 Å². The summed E-state index contributed by atoms with van der Waals surface area (Å²) >= 11 is 7.47. The van der Waals surface area contributed by atoms with E-state index < -0.39 is 29.7 Å². The summed E-state index contributed by atoms with van der Waals surface area (Å²) in [5.74, 6) is -2.90. The summed E-state index contributed by atoms with van der Waals surface area (Å²) in [6, 6.07) is 5.14. The van der Waals surface area contributed by atoms with Gasteiger partial charge in [-0.1, -0.05) is 29.0 Å². The lowest BCUT2D eigenvalue weighted by molar-refractivity contribution is -0.117. The van der Waals surface area contributed by atoms with E-state index in [1.54, 1.807) is 18.2 Å². The van der Waals surface area contributed by atoms with Crippen molar-refractivity contribution < 1.29 is 18.4 Å². The van der Waals surface area contributed by atoms with Gasteiger partial charge in [-0.15, -0.1) is 0 Å². The highest BCUT2D eigenvalue weighted by molar-refractivity contribution is 7.22. The van der Waals surface area contributed by atoms with E-state index in [2.05, 4.69) is 20.5 Å². The van der Waals surface area contributed by atoms with Crippen LogP contribution in [0.5, 0.6) is 0 Å². The number of benzene rings is 2. The van der Waals surface area contributed by atoms with Crippen LogP contribution in [-0.2, 0) is 4.79 Å². The number of halogens is 3. The average Bonchev–Trinajstić information content (AvgIpc) is 3.08. The molecule has 1 aliphatic rings. The number of alkyl halides is 1. The molecule has 0 radical (unpaired) electrons. The minimum atomic E-state index is -1.09. The van der Waals surface area contributed by atoms with Gasteiger partial charge in [-0.2, -0.15) is 5.10 Å². The number of aromatic amines is 1. The van der Waals surface area contributed by atoms with Crippen molar-refractivity contribution in [1.29, 1.82) is 0 Å². The molecule has 0 spiro atoms. The van der Waals surface area contributed by atoms with Crippen LogP contribution in [0.2, 0.25) is 5.02 Å². The van der Waals surface area contributed by atoms with Gasteiger partial charge in [0.25, 0.3) is 5.91 Å². The van der Waals surface area contributed by atoms with Crippen LogP contribution in [0.1, 0.15) is 16.8 Å². The molecule has 0 saturated heterocycles. The molecule has 4 aromatic rings. The van der Waals surface area contributed by atoms with Crippen LogP contribution in [0.4, 0.5) is 13.9 Å². The van der Waals surface area contributed by atoms with Gasteiger partial charge >= 0.3 is 0 Å². The lowest BCUT2D eigenvalue weighted by Gasteiger charge is -2.10. The Bertz CT molecular complexity index is 1370. The monoisotopic (exact) mass is 447 g/mol. The van der Waals surface area contributed by atoms with E-state index in [1.807, 2.05) is 0 Å². The second-order valence-electron chi connectivity index (χ2n) is 6.95. The zero-order chi connectivity index (χ0) is 21.2. The fourth-order valence-electron chi connectivity index (χ4n) is 3.39. The molecule has 152 valence electrons. The van der Waals surface area contributed by atoms with Crippen LogP contribution in [0.15, 0.2) is 24.4 Å². The number of amides is 2. The summed E-state index contributed by atoms with van der Waals surface area (Å²) in [5, 5.41) is 9.65. The number of aromatic nitrogens is 3. The molecule has 1 saturated carbocycles. The van der Waals surface area contributed by atoms with E-state index in [0.29, 0.717) is 31.9 Å². The zero-order valence-corrected chi connectivity index (χ0v) is 16.6. The number of fused-ring (bicyclic) bond motifs is 2.